The van der Waals surface area contributed by atoms with Gasteiger partial charge in [-0.05, 0) is 72.9 Å². The number of aliphatic hydroxyl groups is 1. The summed E-state index contributed by atoms with van der Waals surface area (Å²) in [5.74, 6) is -3.21. The molecule has 40 heavy (non-hydrogen) atoms. The minimum atomic E-state index is -2.27. The van der Waals surface area contributed by atoms with Crippen LogP contribution in [0.4, 0.5) is 8.78 Å². The number of fused-ring (bicyclic) bond motifs is 5. The molecular formula is C31H39F2NO5S. The summed E-state index contributed by atoms with van der Waals surface area (Å²) in [5.41, 5.74) is -7.03. The Morgan fingerprint density at radius 1 is 1.18 bits per heavy atom. The van der Waals surface area contributed by atoms with Gasteiger partial charge in [0.25, 0.3) is 0 Å². The van der Waals surface area contributed by atoms with E-state index in [0.29, 0.717) is 6.42 Å². The van der Waals surface area contributed by atoms with Crippen LogP contribution in [-0.2, 0) is 19.1 Å². The molecule has 0 aromatic rings. The molecule has 0 spiro atoms. The van der Waals surface area contributed by atoms with Gasteiger partial charge in [-0.25, -0.2) is 8.78 Å². The third kappa shape index (κ3) is 3.29. The summed E-state index contributed by atoms with van der Waals surface area (Å²) in [4.78, 5) is 26.0. The quantitative estimate of drug-likeness (QED) is 0.355. The number of nitriles is 1. The maximum atomic E-state index is 17.6. The number of esters is 1. The molecule has 0 radical (unpaired) electrons. The smallest absolute Gasteiger partial charge is 0.311 e. The van der Waals surface area contributed by atoms with Crippen LogP contribution >= 0.6 is 12.2 Å². The molecule has 4 fully saturated rings. The lowest BCUT2D eigenvalue weighted by Gasteiger charge is -2.63. The number of allylic oxidation sites excluding steroid dienone is 4. The Kier molecular flexibility index (Phi) is 6.35. The van der Waals surface area contributed by atoms with E-state index in [2.05, 4.69) is 0 Å². The lowest BCUT2D eigenvalue weighted by atomic mass is 9.44. The van der Waals surface area contributed by atoms with Crippen molar-refractivity contribution in [1.29, 1.82) is 5.26 Å². The second-order valence-electron chi connectivity index (χ2n) is 14.3. The molecule has 0 aliphatic heterocycles. The first-order chi connectivity index (χ1) is 18.4. The van der Waals surface area contributed by atoms with Gasteiger partial charge in [-0.15, -0.1) is 0 Å². The van der Waals surface area contributed by atoms with Crippen molar-refractivity contribution in [1.82, 2.24) is 0 Å². The maximum absolute atomic E-state index is 17.6. The van der Waals surface area contributed by atoms with Gasteiger partial charge in [0.1, 0.15) is 12.2 Å². The van der Waals surface area contributed by atoms with Gasteiger partial charge < -0.3 is 14.6 Å². The first kappa shape index (κ1) is 29.3. The Balaban J connectivity index is 1.62. The van der Waals surface area contributed by atoms with Gasteiger partial charge in [0, 0.05) is 22.7 Å². The summed E-state index contributed by atoms with van der Waals surface area (Å²) >= 11 is 5.75. The fraction of sp³-hybridized carbons (Fsp3) is 0.742. The lowest BCUT2D eigenvalue weighted by molar-refractivity contribution is -0.223. The Morgan fingerprint density at radius 3 is 2.38 bits per heavy atom. The van der Waals surface area contributed by atoms with Crippen molar-refractivity contribution >= 4 is 29.0 Å². The molecule has 218 valence electrons. The van der Waals surface area contributed by atoms with Crippen molar-refractivity contribution < 1.29 is 33.0 Å². The van der Waals surface area contributed by atoms with Gasteiger partial charge in [-0.2, -0.15) is 5.26 Å². The highest BCUT2D eigenvalue weighted by Gasteiger charge is 2.79. The van der Waals surface area contributed by atoms with Crippen LogP contribution in [0, 0.1) is 56.7 Å². The van der Waals surface area contributed by atoms with Crippen LogP contribution in [0.1, 0.15) is 67.7 Å². The van der Waals surface area contributed by atoms with E-state index in [-0.39, 0.29) is 40.9 Å². The largest absolute Gasteiger partial charge is 0.468 e. The molecule has 5 rings (SSSR count). The zero-order chi connectivity index (χ0) is 29.8. The third-order valence-corrected chi connectivity index (χ3v) is 12.7. The molecule has 4 saturated carbocycles. The van der Waals surface area contributed by atoms with Crippen molar-refractivity contribution in [2.45, 2.75) is 91.3 Å². The van der Waals surface area contributed by atoms with E-state index in [1.165, 1.54) is 12.2 Å². The third-order valence-electron chi connectivity index (χ3n) is 12.3. The van der Waals surface area contributed by atoms with Crippen LogP contribution < -0.4 is 0 Å². The molecular weight excluding hydrogens is 536 g/mol. The molecule has 5 aliphatic rings. The summed E-state index contributed by atoms with van der Waals surface area (Å²) in [6, 6.07) is 1.91. The molecule has 0 bridgehead atoms. The summed E-state index contributed by atoms with van der Waals surface area (Å²) in [6.07, 6.45) is 0.658. The van der Waals surface area contributed by atoms with E-state index in [4.69, 9.17) is 21.7 Å². The summed E-state index contributed by atoms with van der Waals surface area (Å²) in [7, 11) is 0. The van der Waals surface area contributed by atoms with Gasteiger partial charge in [0.2, 0.25) is 5.05 Å². The number of ketones is 1. The molecule has 0 unspecified atom stereocenters. The summed E-state index contributed by atoms with van der Waals surface area (Å²) in [6.45, 7) is 12.9. The predicted molar refractivity (Wildman–Crippen MR) is 147 cm³/mol. The second kappa shape index (κ2) is 8.67. The van der Waals surface area contributed by atoms with Crippen molar-refractivity contribution in [3.8, 4) is 6.07 Å². The van der Waals surface area contributed by atoms with E-state index in [1.807, 2.05) is 47.6 Å². The number of hydrogen-bond donors (Lipinski definition) is 1. The fourth-order valence-corrected chi connectivity index (χ4v) is 9.96. The van der Waals surface area contributed by atoms with Crippen LogP contribution in [-0.4, -0.2) is 52.1 Å². The van der Waals surface area contributed by atoms with Crippen LogP contribution in [0.25, 0.3) is 0 Å². The number of thiocarbonyl (C=S) groups is 1. The Bertz CT molecular complexity index is 1270. The molecule has 0 saturated heterocycles. The molecule has 0 aromatic heterocycles. The van der Waals surface area contributed by atoms with E-state index in [1.54, 1.807) is 6.92 Å². The lowest BCUT2D eigenvalue weighted by Crippen LogP contribution is -2.71. The fourth-order valence-electron chi connectivity index (χ4n) is 9.43. The summed E-state index contributed by atoms with van der Waals surface area (Å²) in [5, 5.41) is 20.9. The number of ether oxygens (including phenoxy) is 2. The zero-order valence-electron chi connectivity index (χ0n) is 24.2. The number of nitrogens with zero attached hydrogens (tertiary/aromatic N) is 1. The number of carbonyl (C=O) groups excluding carboxylic acids is 2. The normalized spacial score (nSPS) is 46.3. The molecule has 5 aliphatic carbocycles. The molecule has 0 amide bonds. The van der Waals surface area contributed by atoms with E-state index in [0.717, 1.165) is 6.08 Å². The number of hydrogen-bond acceptors (Lipinski definition) is 7. The van der Waals surface area contributed by atoms with Crippen molar-refractivity contribution in [3.05, 3.63) is 23.8 Å². The minimum Gasteiger partial charge on any atom is -0.468 e. The van der Waals surface area contributed by atoms with Gasteiger partial charge >= 0.3 is 5.97 Å². The van der Waals surface area contributed by atoms with Gasteiger partial charge in [0.15, 0.2) is 23.7 Å². The average Bonchev–Trinajstić information content (AvgIpc) is 3.17. The SMILES string of the molecule is C[C@@H]1C[C@H]2[C@@H]3C[C@H](F)C4=CC(=O)C=C[C@]4(C)[C@@]3(F)[C@@H](O)C[C@]2(C)[C@@]1(OC(=O)C1C(C)(C)C1(C)C)C(=S)OCC#N. The Labute approximate surface area is 240 Å². The number of halogens is 2. The molecule has 0 heterocycles. The first-order valence-corrected chi connectivity index (χ1v) is 14.5. The van der Waals surface area contributed by atoms with Crippen LogP contribution in [0.2, 0.25) is 0 Å². The number of rotatable bonds is 4. The van der Waals surface area contributed by atoms with Crippen LogP contribution in [0.5, 0.6) is 0 Å². The molecule has 9 atom stereocenters. The minimum absolute atomic E-state index is 0.0520. The number of aliphatic hydroxyl groups excluding tert-OH is 1. The zero-order valence-corrected chi connectivity index (χ0v) is 25.0. The Morgan fingerprint density at radius 2 is 1.80 bits per heavy atom. The van der Waals surface area contributed by atoms with E-state index >= 15 is 8.78 Å². The summed E-state index contributed by atoms with van der Waals surface area (Å²) < 4.78 is 45.6. The van der Waals surface area contributed by atoms with Crippen LogP contribution in [0.15, 0.2) is 23.8 Å². The highest BCUT2D eigenvalue weighted by atomic mass is 32.1. The molecule has 0 aromatic carbocycles. The molecule has 1 N–H and O–H groups in total. The Hall–Kier alpha value is -2.18. The maximum Gasteiger partial charge on any atom is 0.311 e. The van der Waals surface area contributed by atoms with Crippen molar-refractivity contribution in [2.75, 3.05) is 6.61 Å². The standard InChI is InChI=1S/C31H39F2NO5S/c1-16-12-18-19-14-21(32)20-13-17(35)8-9-28(20,6)30(19,33)22(36)15-29(18,7)31(16,25(40)38-11-10-34)39-24(37)23-26(2,3)27(23,4)5/h8-9,13,16,18-19,21-23,36H,11-12,14-15H2,1-7H3/t16-,18+,19+,21+,22+,28+,29+,30+,31+/m1/s1. The van der Waals surface area contributed by atoms with E-state index < -0.39 is 69.8 Å². The van der Waals surface area contributed by atoms with Gasteiger partial charge in [-0.1, -0.05) is 47.6 Å². The average molecular weight is 576 g/mol. The molecule has 9 heteroatoms. The highest BCUT2D eigenvalue weighted by Crippen LogP contribution is 2.73. The number of carbonyl (C=O) groups is 2. The molecule has 6 nitrogen and oxygen atoms in total. The van der Waals surface area contributed by atoms with Crippen molar-refractivity contribution in [2.24, 2.45) is 45.3 Å². The topological polar surface area (TPSA) is 96.6 Å². The van der Waals surface area contributed by atoms with Gasteiger partial charge in [0.05, 0.1) is 12.0 Å². The predicted octanol–water partition coefficient (Wildman–Crippen LogP) is 5.38. The van der Waals surface area contributed by atoms with Crippen LogP contribution in [0.3, 0.4) is 0 Å². The van der Waals surface area contributed by atoms with Crippen molar-refractivity contribution in [3.63, 3.8) is 0 Å². The monoisotopic (exact) mass is 575 g/mol. The van der Waals surface area contributed by atoms with E-state index in [9.17, 15) is 20.0 Å². The first-order valence-electron chi connectivity index (χ1n) is 14.1. The highest BCUT2D eigenvalue weighted by molar-refractivity contribution is 7.80. The van der Waals surface area contributed by atoms with Gasteiger partial charge in [-0.3, -0.25) is 9.59 Å². The second-order valence-corrected chi connectivity index (χ2v) is 14.6. The number of alkyl halides is 2.